The molecule has 1 rings (SSSR count). The van der Waals surface area contributed by atoms with Crippen molar-refractivity contribution in [2.24, 2.45) is 0 Å². The number of nitrogens with one attached hydrogen (secondary N) is 1. The van der Waals surface area contributed by atoms with Crippen molar-refractivity contribution in [3.63, 3.8) is 0 Å². The summed E-state index contributed by atoms with van der Waals surface area (Å²) in [7, 11) is 0. The van der Waals surface area contributed by atoms with Gasteiger partial charge in [-0.05, 0) is 13.0 Å². The Kier molecular flexibility index (Phi) is 8.57. The number of rotatable bonds is 11. The molecule has 0 unspecified atom stereocenters. The largest absolute Gasteiger partial charge is 0.337 e. The first-order valence-electron chi connectivity index (χ1n) is 7.58. The highest BCUT2D eigenvalue weighted by Crippen LogP contribution is 2.08. The molecule has 1 aromatic rings. The maximum absolute atomic E-state index is 4.39. The summed E-state index contributed by atoms with van der Waals surface area (Å²) in [6, 6.07) is 0. The van der Waals surface area contributed by atoms with E-state index in [0.29, 0.717) is 0 Å². The van der Waals surface area contributed by atoms with Crippen LogP contribution in [0, 0.1) is 0 Å². The quantitative estimate of drug-likeness (QED) is 0.607. The van der Waals surface area contributed by atoms with Gasteiger partial charge in [-0.1, -0.05) is 52.4 Å². The molecule has 0 spiro atoms. The monoisotopic (exact) mass is 251 g/mol. The Morgan fingerprint density at radius 1 is 1.06 bits per heavy atom. The number of unbranched alkanes of at least 4 members (excludes halogenated alkanes) is 6. The molecule has 1 N–H and O–H groups in total. The number of hydrogen-bond donors (Lipinski definition) is 1. The summed E-state index contributed by atoms with van der Waals surface area (Å²) >= 11 is 0. The molecule has 0 fully saturated rings. The van der Waals surface area contributed by atoms with Crippen LogP contribution in [0.2, 0.25) is 0 Å². The Bertz CT molecular complexity index is 294. The molecule has 18 heavy (non-hydrogen) atoms. The van der Waals surface area contributed by atoms with Gasteiger partial charge in [0.25, 0.3) is 0 Å². The van der Waals surface area contributed by atoms with Gasteiger partial charge in [0.1, 0.15) is 0 Å². The highest BCUT2D eigenvalue weighted by molar-refractivity contribution is 4.95. The number of nitrogens with zero attached hydrogens (tertiary/aromatic N) is 2. The third-order valence-corrected chi connectivity index (χ3v) is 3.26. The van der Waals surface area contributed by atoms with E-state index in [9.17, 15) is 0 Å². The Morgan fingerprint density at radius 3 is 2.50 bits per heavy atom. The van der Waals surface area contributed by atoms with E-state index in [1.54, 1.807) is 0 Å². The fraction of sp³-hybridized carbons (Fsp3) is 0.800. The predicted molar refractivity (Wildman–Crippen MR) is 77.6 cm³/mol. The van der Waals surface area contributed by atoms with Crippen molar-refractivity contribution in [1.29, 1.82) is 0 Å². The molecule has 0 aromatic carbocycles. The third-order valence-electron chi connectivity index (χ3n) is 3.26. The van der Waals surface area contributed by atoms with Gasteiger partial charge in [-0.25, -0.2) is 4.98 Å². The van der Waals surface area contributed by atoms with Crippen LogP contribution in [0.3, 0.4) is 0 Å². The van der Waals surface area contributed by atoms with Gasteiger partial charge in [0.15, 0.2) is 0 Å². The normalized spacial score (nSPS) is 11.0. The van der Waals surface area contributed by atoms with E-state index >= 15 is 0 Å². The first kappa shape index (κ1) is 15.2. The summed E-state index contributed by atoms with van der Waals surface area (Å²) in [6.07, 6.45) is 13.7. The van der Waals surface area contributed by atoms with Crippen LogP contribution < -0.4 is 5.32 Å². The van der Waals surface area contributed by atoms with Gasteiger partial charge in [0, 0.05) is 19.3 Å². The molecule has 0 amide bonds. The van der Waals surface area contributed by atoms with Crippen molar-refractivity contribution in [2.75, 3.05) is 6.54 Å². The average molecular weight is 251 g/mol. The molecule has 3 nitrogen and oxygen atoms in total. The zero-order valence-electron chi connectivity index (χ0n) is 12.1. The van der Waals surface area contributed by atoms with Crippen molar-refractivity contribution in [3.05, 3.63) is 18.2 Å². The number of hydrogen-bond acceptors (Lipinski definition) is 2. The molecular weight excluding hydrogens is 222 g/mol. The maximum atomic E-state index is 4.39. The highest BCUT2D eigenvalue weighted by atomic mass is 15.0. The summed E-state index contributed by atoms with van der Waals surface area (Å²) in [5.74, 6) is 0. The second kappa shape index (κ2) is 10.1. The van der Waals surface area contributed by atoms with E-state index in [4.69, 9.17) is 0 Å². The fourth-order valence-electron chi connectivity index (χ4n) is 2.12. The molecule has 0 bridgehead atoms. The standard InChI is InChI=1S/C15H29N3/c1-3-5-6-7-8-9-10-11-18-13-15(17-14-18)12-16-4-2/h13-14,16H,3-12H2,1-2H3. The second-order valence-corrected chi connectivity index (χ2v) is 5.00. The van der Waals surface area contributed by atoms with Crippen LogP contribution in [0.15, 0.2) is 12.5 Å². The van der Waals surface area contributed by atoms with E-state index in [1.165, 1.54) is 44.9 Å². The zero-order chi connectivity index (χ0) is 13.1. The molecular formula is C15H29N3. The lowest BCUT2D eigenvalue weighted by Crippen LogP contribution is -2.11. The summed E-state index contributed by atoms with van der Waals surface area (Å²) in [6.45, 7) is 7.40. The molecule has 104 valence electrons. The minimum absolute atomic E-state index is 0.889. The Hall–Kier alpha value is -0.830. The van der Waals surface area contributed by atoms with Crippen molar-refractivity contribution in [2.45, 2.75) is 71.9 Å². The average Bonchev–Trinajstić information content (AvgIpc) is 2.83. The zero-order valence-corrected chi connectivity index (χ0v) is 12.1. The number of imidazole rings is 1. The summed E-state index contributed by atoms with van der Waals surface area (Å²) in [4.78, 5) is 4.39. The molecule has 0 saturated carbocycles. The molecule has 0 aliphatic carbocycles. The van der Waals surface area contributed by atoms with Crippen molar-refractivity contribution < 1.29 is 0 Å². The molecule has 1 aromatic heterocycles. The SMILES string of the molecule is CCCCCCCCCn1cnc(CNCC)c1. The Labute approximate surface area is 112 Å². The van der Waals surface area contributed by atoms with Crippen molar-refractivity contribution in [3.8, 4) is 0 Å². The number of aromatic nitrogens is 2. The first-order chi connectivity index (χ1) is 8.86. The highest BCUT2D eigenvalue weighted by Gasteiger charge is 1.98. The van der Waals surface area contributed by atoms with Crippen molar-refractivity contribution >= 4 is 0 Å². The van der Waals surface area contributed by atoms with Crippen LogP contribution in [-0.2, 0) is 13.1 Å². The van der Waals surface area contributed by atoms with Crippen molar-refractivity contribution in [1.82, 2.24) is 14.9 Å². The van der Waals surface area contributed by atoms with Crippen LogP contribution >= 0.6 is 0 Å². The van der Waals surface area contributed by atoms with Crippen LogP contribution in [-0.4, -0.2) is 16.1 Å². The van der Waals surface area contributed by atoms with Gasteiger partial charge >= 0.3 is 0 Å². The molecule has 1 heterocycles. The minimum Gasteiger partial charge on any atom is -0.337 e. The topological polar surface area (TPSA) is 29.9 Å². The first-order valence-corrected chi connectivity index (χ1v) is 7.58. The molecule has 0 atom stereocenters. The second-order valence-electron chi connectivity index (χ2n) is 5.00. The lowest BCUT2D eigenvalue weighted by atomic mass is 10.1. The molecule has 0 aliphatic heterocycles. The van der Waals surface area contributed by atoms with E-state index in [-0.39, 0.29) is 0 Å². The van der Waals surface area contributed by atoms with Crippen LogP contribution in [0.4, 0.5) is 0 Å². The summed E-state index contributed by atoms with van der Waals surface area (Å²) in [5.41, 5.74) is 1.15. The molecule has 3 heteroatoms. The maximum Gasteiger partial charge on any atom is 0.0949 e. The van der Waals surface area contributed by atoms with Gasteiger partial charge in [-0.3, -0.25) is 0 Å². The lowest BCUT2D eigenvalue weighted by Gasteiger charge is -2.02. The van der Waals surface area contributed by atoms with Crippen LogP contribution in [0.5, 0.6) is 0 Å². The smallest absolute Gasteiger partial charge is 0.0949 e. The van der Waals surface area contributed by atoms with E-state index < -0.39 is 0 Å². The van der Waals surface area contributed by atoms with E-state index in [1.807, 2.05) is 6.33 Å². The van der Waals surface area contributed by atoms with E-state index in [2.05, 4.69) is 34.9 Å². The number of aryl methyl sites for hydroxylation is 1. The Morgan fingerprint density at radius 2 is 1.78 bits per heavy atom. The van der Waals surface area contributed by atoms with Gasteiger partial charge in [-0.15, -0.1) is 0 Å². The predicted octanol–water partition coefficient (Wildman–Crippen LogP) is 3.74. The summed E-state index contributed by atoms with van der Waals surface area (Å²) < 4.78 is 2.22. The molecule has 0 aliphatic rings. The molecule has 0 saturated heterocycles. The molecule has 0 radical (unpaired) electrons. The Balaban J connectivity index is 2.03. The van der Waals surface area contributed by atoms with Crippen LogP contribution in [0.25, 0.3) is 0 Å². The van der Waals surface area contributed by atoms with Gasteiger partial charge in [0.2, 0.25) is 0 Å². The van der Waals surface area contributed by atoms with E-state index in [0.717, 1.165) is 25.3 Å². The fourth-order valence-corrected chi connectivity index (χ4v) is 2.12. The summed E-state index contributed by atoms with van der Waals surface area (Å²) in [5, 5.41) is 3.30. The van der Waals surface area contributed by atoms with Gasteiger partial charge in [-0.2, -0.15) is 0 Å². The third kappa shape index (κ3) is 6.80. The van der Waals surface area contributed by atoms with Gasteiger partial charge < -0.3 is 9.88 Å². The van der Waals surface area contributed by atoms with Crippen LogP contribution in [0.1, 0.15) is 64.5 Å². The lowest BCUT2D eigenvalue weighted by molar-refractivity contribution is 0.549. The minimum atomic E-state index is 0.889. The van der Waals surface area contributed by atoms with Gasteiger partial charge in [0.05, 0.1) is 12.0 Å².